The normalized spacial score (nSPS) is 23.0. The number of fused-ring (bicyclic) bond motifs is 2. The van der Waals surface area contributed by atoms with E-state index in [9.17, 15) is 22.8 Å². The van der Waals surface area contributed by atoms with Crippen LogP contribution in [0, 0.1) is 19.8 Å². The fraction of sp³-hybridized carbons (Fsp3) is 0.550. The van der Waals surface area contributed by atoms with Gasteiger partial charge in [0, 0.05) is 30.4 Å². The molecule has 1 aromatic rings. The van der Waals surface area contributed by atoms with Gasteiger partial charge in [-0.15, -0.1) is 0 Å². The zero-order chi connectivity index (χ0) is 20.3. The van der Waals surface area contributed by atoms with Gasteiger partial charge in [0.05, 0.1) is 23.9 Å². The summed E-state index contributed by atoms with van der Waals surface area (Å²) in [5.41, 5.74) is 1.34. The predicted molar refractivity (Wildman–Crippen MR) is 99.0 cm³/mol. The van der Waals surface area contributed by atoms with Crippen LogP contribution in [-0.2, 0) is 34.7 Å². The molecular weight excluding hydrogens is 423 g/mol. The second kappa shape index (κ2) is 8.35. The minimum atomic E-state index is -3.55. The van der Waals surface area contributed by atoms with Crippen molar-refractivity contribution in [3.05, 3.63) is 28.3 Å². The summed E-state index contributed by atoms with van der Waals surface area (Å²) in [6, 6.07) is 1.48. The third kappa shape index (κ3) is 3.78. The first-order valence-corrected chi connectivity index (χ1v) is 11.1. The molecule has 9 heteroatoms. The maximum atomic E-state index is 13.2. The van der Waals surface area contributed by atoms with E-state index in [1.54, 1.807) is 13.8 Å². The minimum Gasteiger partial charge on any atom is -1.00 e. The second-order valence-electron chi connectivity index (χ2n) is 7.67. The van der Waals surface area contributed by atoms with Gasteiger partial charge in [-0.2, -0.15) is 0 Å². The average Bonchev–Trinajstić information content (AvgIpc) is 3.09. The summed E-state index contributed by atoms with van der Waals surface area (Å²) in [5.74, 6) is -3.90. The van der Waals surface area contributed by atoms with Gasteiger partial charge in [-0.25, -0.2) is 8.42 Å². The van der Waals surface area contributed by atoms with Crippen LogP contribution in [0.15, 0.2) is 11.0 Å². The molecule has 1 aromatic carbocycles. The molecule has 0 N–H and O–H groups in total. The molecule has 7 nitrogen and oxygen atoms in total. The Morgan fingerprint density at radius 2 is 1.72 bits per heavy atom. The Balaban J connectivity index is 0.00000160. The van der Waals surface area contributed by atoms with Gasteiger partial charge in [-0.05, 0) is 37.5 Å². The molecule has 0 radical (unpaired) electrons. The first-order valence-electron chi connectivity index (χ1n) is 9.43. The van der Waals surface area contributed by atoms with E-state index in [4.69, 9.17) is 9.47 Å². The van der Waals surface area contributed by atoms with Gasteiger partial charge in [0.25, 0.3) is 0 Å². The Bertz CT molecular complexity index is 996. The van der Waals surface area contributed by atoms with Gasteiger partial charge < -0.3 is 10.9 Å². The van der Waals surface area contributed by atoms with Gasteiger partial charge >= 0.3 is 51.4 Å². The number of sulfone groups is 1. The largest absolute Gasteiger partial charge is 1.00 e. The average molecular weight is 447 g/mol. The molecular formula is C20H23KO7S. The molecule has 1 aliphatic carbocycles. The molecule has 1 saturated heterocycles. The zero-order valence-corrected chi connectivity index (χ0v) is 20.8. The predicted octanol–water partition coefficient (Wildman–Crippen LogP) is -1.08. The van der Waals surface area contributed by atoms with Crippen LogP contribution < -0.4 is 51.4 Å². The van der Waals surface area contributed by atoms with Crippen molar-refractivity contribution in [3.63, 3.8) is 0 Å². The Kier molecular flexibility index (Phi) is 6.74. The molecule has 0 amide bonds. The molecule has 0 atom stereocenters. The van der Waals surface area contributed by atoms with E-state index in [0.717, 1.165) is 0 Å². The minimum absolute atomic E-state index is 0. The number of benzene rings is 1. The quantitative estimate of drug-likeness (QED) is 0.323. The number of hydrogen-bond donors (Lipinski definition) is 0. The van der Waals surface area contributed by atoms with Crippen LogP contribution >= 0.6 is 0 Å². The summed E-state index contributed by atoms with van der Waals surface area (Å²) < 4.78 is 37.2. The number of rotatable bonds is 2. The van der Waals surface area contributed by atoms with Gasteiger partial charge in [0.15, 0.2) is 33.0 Å². The van der Waals surface area contributed by atoms with E-state index in [1.807, 2.05) is 0 Å². The third-order valence-corrected chi connectivity index (χ3v) is 7.78. The summed E-state index contributed by atoms with van der Waals surface area (Å²) in [6.07, 6.45) is 1.01. The second-order valence-corrected chi connectivity index (χ2v) is 9.72. The molecule has 1 spiro atoms. The number of carbonyl (C=O) groups is 3. The maximum Gasteiger partial charge on any atom is 1.00 e. The van der Waals surface area contributed by atoms with Crippen molar-refractivity contribution < 1.29 is 85.1 Å². The van der Waals surface area contributed by atoms with Crippen LogP contribution in [0.25, 0.3) is 0 Å². The fourth-order valence-electron chi connectivity index (χ4n) is 4.60. The van der Waals surface area contributed by atoms with Crippen molar-refractivity contribution in [2.75, 3.05) is 19.0 Å². The summed E-state index contributed by atoms with van der Waals surface area (Å²) in [4.78, 5) is 37.8. The number of Topliss-reactive ketones (excluding diaryl/α,β-unsaturated/α-hetero) is 3. The van der Waals surface area contributed by atoms with Crippen molar-refractivity contribution in [3.8, 4) is 0 Å². The van der Waals surface area contributed by atoms with E-state index in [0.29, 0.717) is 36.3 Å². The fourth-order valence-corrected chi connectivity index (χ4v) is 6.51. The van der Waals surface area contributed by atoms with Crippen LogP contribution in [0.2, 0.25) is 0 Å². The molecule has 1 saturated carbocycles. The van der Waals surface area contributed by atoms with E-state index in [1.165, 1.54) is 6.07 Å². The molecule has 0 bridgehead atoms. The number of ketones is 3. The van der Waals surface area contributed by atoms with Gasteiger partial charge in [0.1, 0.15) is 5.92 Å². The molecule has 3 aliphatic rings. The van der Waals surface area contributed by atoms with Crippen molar-refractivity contribution in [2.45, 2.75) is 50.2 Å². The van der Waals surface area contributed by atoms with Crippen molar-refractivity contribution in [1.29, 1.82) is 0 Å². The molecule has 2 fully saturated rings. The van der Waals surface area contributed by atoms with Gasteiger partial charge in [-0.1, -0.05) is 0 Å². The van der Waals surface area contributed by atoms with Crippen LogP contribution in [0.1, 0.15) is 54.2 Å². The summed E-state index contributed by atoms with van der Waals surface area (Å²) in [7, 11) is -3.55. The first-order chi connectivity index (χ1) is 13.2. The maximum absolute atomic E-state index is 13.2. The van der Waals surface area contributed by atoms with Gasteiger partial charge in [0.2, 0.25) is 0 Å². The van der Waals surface area contributed by atoms with E-state index >= 15 is 0 Å². The molecule has 2 heterocycles. The topological polar surface area (TPSA) is 104 Å². The van der Waals surface area contributed by atoms with Crippen molar-refractivity contribution in [2.24, 2.45) is 5.92 Å². The molecule has 0 aromatic heterocycles. The first kappa shape index (κ1) is 23.4. The van der Waals surface area contributed by atoms with Crippen LogP contribution in [-0.4, -0.2) is 44.7 Å². The molecule has 4 rings (SSSR count). The standard InChI is InChI=1S/C20H22O7S.K.H/c1-11-10-13(18(23)16-14(21)4-3-5-15(16)22)12(2)17-19(11)28(24,25)9-6-20(17)26-7-8-27-20;;/h10,16H,3-9H2,1-2H3;;/q;+1;-1. The van der Waals surface area contributed by atoms with Crippen molar-refractivity contribution >= 4 is 27.2 Å². The van der Waals surface area contributed by atoms with E-state index in [2.05, 4.69) is 0 Å². The Hall–Kier alpha value is -0.264. The Morgan fingerprint density at radius 1 is 1.14 bits per heavy atom. The summed E-state index contributed by atoms with van der Waals surface area (Å²) in [6.45, 7) is 3.91. The SMILES string of the molecule is Cc1cc(C(=O)C2C(=O)CCCC2=O)c(C)c2c1S(=O)(=O)CCC21OCCO1.[H-].[K+]. The number of ether oxygens (including phenoxy) is 2. The monoisotopic (exact) mass is 446 g/mol. The third-order valence-electron chi connectivity index (χ3n) is 5.89. The van der Waals surface area contributed by atoms with Crippen molar-refractivity contribution in [1.82, 2.24) is 0 Å². The molecule has 2 aliphatic heterocycles. The van der Waals surface area contributed by atoms with E-state index < -0.39 is 27.3 Å². The Morgan fingerprint density at radius 3 is 2.31 bits per heavy atom. The summed E-state index contributed by atoms with van der Waals surface area (Å²) >= 11 is 0. The number of hydrogen-bond acceptors (Lipinski definition) is 7. The van der Waals surface area contributed by atoms with Crippen LogP contribution in [0.4, 0.5) is 0 Å². The number of aryl methyl sites for hydroxylation is 1. The number of carbonyl (C=O) groups excluding carboxylic acids is 3. The van der Waals surface area contributed by atoms with Crippen LogP contribution in [0.5, 0.6) is 0 Å². The van der Waals surface area contributed by atoms with Crippen LogP contribution in [0.3, 0.4) is 0 Å². The molecule has 152 valence electrons. The van der Waals surface area contributed by atoms with Gasteiger partial charge in [-0.3, -0.25) is 14.4 Å². The summed E-state index contributed by atoms with van der Waals surface area (Å²) in [5, 5.41) is 0. The molecule has 0 unspecified atom stereocenters. The van der Waals surface area contributed by atoms with E-state index in [-0.39, 0.29) is 99.9 Å². The molecule has 29 heavy (non-hydrogen) atoms. The smallest absolute Gasteiger partial charge is 1.00 e. The zero-order valence-electron chi connectivity index (χ0n) is 17.9. The Labute approximate surface area is 213 Å².